The van der Waals surface area contributed by atoms with Gasteiger partial charge in [-0.15, -0.1) is 11.3 Å². The number of anilines is 2. The molecule has 0 aliphatic carbocycles. The maximum absolute atomic E-state index is 12.9. The highest BCUT2D eigenvalue weighted by molar-refractivity contribution is 7.92. The number of sulfonamides is 1. The normalized spacial score (nSPS) is 11.1. The summed E-state index contributed by atoms with van der Waals surface area (Å²) in [6, 6.07) is 12.6. The van der Waals surface area contributed by atoms with Crippen molar-refractivity contribution in [2.75, 3.05) is 16.6 Å². The summed E-state index contributed by atoms with van der Waals surface area (Å²) in [5, 5.41) is 3.15. The van der Waals surface area contributed by atoms with E-state index in [-0.39, 0.29) is 22.8 Å². The van der Waals surface area contributed by atoms with Gasteiger partial charge in [-0.1, -0.05) is 23.8 Å². The van der Waals surface area contributed by atoms with Crippen molar-refractivity contribution in [1.29, 1.82) is 0 Å². The predicted octanol–water partition coefficient (Wildman–Crippen LogP) is 4.90. The average Bonchev–Trinajstić information content (AvgIpc) is 3.01. The van der Waals surface area contributed by atoms with Crippen LogP contribution in [0.1, 0.15) is 43.6 Å². The van der Waals surface area contributed by atoms with Crippen molar-refractivity contribution >= 4 is 43.9 Å². The quantitative estimate of drug-likeness (QED) is 0.476. The lowest BCUT2D eigenvalue weighted by Gasteiger charge is -2.10. The second kappa shape index (κ2) is 9.54. The number of carbonyl (C=O) groups excluding carboxylic acids is 2. The second-order valence-corrected chi connectivity index (χ2v) is 10.1. The molecule has 0 fully saturated rings. The largest absolute Gasteiger partial charge is 0.462 e. The lowest BCUT2D eigenvalue weighted by molar-refractivity contribution is 0.0527. The van der Waals surface area contributed by atoms with E-state index in [1.807, 2.05) is 13.8 Å². The molecule has 3 rings (SSSR count). The summed E-state index contributed by atoms with van der Waals surface area (Å²) in [6.45, 7) is 7.47. The van der Waals surface area contributed by atoms with Crippen molar-refractivity contribution in [3.8, 4) is 0 Å². The molecular weight excluding hydrogens is 448 g/mol. The Labute approximate surface area is 191 Å². The van der Waals surface area contributed by atoms with Crippen LogP contribution in [0.5, 0.6) is 0 Å². The molecule has 0 aliphatic rings. The Morgan fingerprint density at radius 1 is 1.03 bits per heavy atom. The Bertz CT molecular complexity index is 1260. The van der Waals surface area contributed by atoms with Crippen LogP contribution >= 0.6 is 11.3 Å². The van der Waals surface area contributed by atoms with E-state index in [2.05, 4.69) is 10.0 Å². The minimum absolute atomic E-state index is 0.126. The fourth-order valence-electron chi connectivity index (χ4n) is 2.99. The molecule has 0 aliphatic heterocycles. The van der Waals surface area contributed by atoms with Crippen LogP contribution in [0.4, 0.5) is 10.7 Å². The van der Waals surface area contributed by atoms with E-state index >= 15 is 0 Å². The summed E-state index contributed by atoms with van der Waals surface area (Å²) in [5.41, 5.74) is 2.53. The first-order valence-corrected chi connectivity index (χ1v) is 12.2. The summed E-state index contributed by atoms with van der Waals surface area (Å²) in [6.07, 6.45) is 0. The monoisotopic (exact) mass is 472 g/mol. The number of ether oxygens (including phenoxy) is 1. The molecule has 0 saturated heterocycles. The molecule has 9 heteroatoms. The summed E-state index contributed by atoms with van der Waals surface area (Å²) < 4.78 is 32.9. The Balaban J connectivity index is 1.83. The number of amides is 1. The van der Waals surface area contributed by atoms with E-state index < -0.39 is 21.9 Å². The molecule has 1 amide bonds. The predicted molar refractivity (Wildman–Crippen MR) is 126 cm³/mol. The van der Waals surface area contributed by atoms with Crippen LogP contribution in [0.3, 0.4) is 0 Å². The zero-order valence-electron chi connectivity index (χ0n) is 18.2. The van der Waals surface area contributed by atoms with Crippen molar-refractivity contribution in [3.63, 3.8) is 0 Å². The standard InChI is InChI=1S/C23H24N2O5S2/c1-5-30-23(27)20-15(3)16(4)31-22(20)24-21(26)17-7-6-8-18(13-17)25-32(28,29)19-11-9-14(2)10-12-19/h6-13,25H,5H2,1-4H3,(H,24,26). The molecule has 2 aromatic carbocycles. The third-order valence-electron chi connectivity index (χ3n) is 4.80. The van der Waals surface area contributed by atoms with Gasteiger partial charge in [0, 0.05) is 16.1 Å². The maximum atomic E-state index is 12.9. The lowest BCUT2D eigenvalue weighted by atomic mass is 10.1. The molecule has 168 valence electrons. The molecule has 7 nitrogen and oxygen atoms in total. The van der Waals surface area contributed by atoms with Gasteiger partial charge in [-0.3, -0.25) is 9.52 Å². The van der Waals surface area contributed by atoms with E-state index in [4.69, 9.17) is 4.74 Å². The van der Waals surface area contributed by atoms with Crippen molar-refractivity contribution in [1.82, 2.24) is 0 Å². The third-order valence-corrected chi connectivity index (χ3v) is 7.32. The highest BCUT2D eigenvalue weighted by atomic mass is 32.2. The molecular formula is C23H24N2O5S2. The number of nitrogens with one attached hydrogen (secondary N) is 2. The topological polar surface area (TPSA) is 102 Å². The van der Waals surface area contributed by atoms with Crippen LogP contribution in [0.25, 0.3) is 0 Å². The Morgan fingerprint density at radius 2 is 1.72 bits per heavy atom. The molecule has 0 unspecified atom stereocenters. The van der Waals surface area contributed by atoms with Gasteiger partial charge in [0.05, 0.1) is 17.1 Å². The van der Waals surface area contributed by atoms with Crippen LogP contribution in [-0.4, -0.2) is 26.9 Å². The van der Waals surface area contributed by atoms with Gasteiger partial charge in [-0.2, -0.15) is 0 Å². The number of benzene rings is 2. The average molecular weight is 473 g/mol. The van der Waals surface area contributed by atoms with Gasteiger partial charge >= 0.3 is 5.97 Å². The van der Waals surface area contributed by atoms with E-state index in [0.29, 0.717) is 10.6 Å². The SMILES string of the molecule is CCOC(=O)c1c(NC(=O)c2cccc(NS(=O)(=O)c3ccc(C)cc3)c2)sc(C)c1C. The van der Waals surface area contributed by atoms with Crippen molar-refractivity contribution < 1.29 is 22.7 Å². The van der Waals surface area contributed by atoms with E-state index in [1.165, 1.54) is 29.5 Å². The van der Waals surface area contributed by atoms with Crippen LogP contribution < -0.4 is 10.0 Å². The van der Waals surface area contributed by atoms with E-state index in [9.17, 15) is 18.0 Å². The van der Waals surface area contributed by atoms with Gasteiger partial charge in [-0.25, -0.2) is 13.2 Å². The van der Waals surface area contributed by atoms with E-state index in [1.54, 1.807) is 44.2 Å². The van der Waals surface area contributed by atoms with Crippen molar-refractivity contribution in [2.24, 2.45) is 0 Å². The van der Waals surface area contributed by atoms with Crippen LogP contribution in [0, 0.1) is 20.8 Å². The molecule has 0 radical (unpaired) electrons. The maximum Gasteiger partial charge on any atom is 0.341 e. The second-order valence-electron chi connectivity index (χ2n) is 7.16. The van der Waals surface area contributed by atoms with Gasteiger partial charge in [0.2, 0.25) is 0 Å². The van der Waals surface area contributed by atoms with E-state index in [0.717, 1.165) is 16.0 Å². The van der Waals surface area contributed by atoms with Gasteiger partial charge < -0.3 is 10.1 Å². The summed E-state index contributed by atoms with van der Waals surface area (Å²) in [5.74, 6) is -0.961. The fourth-order valence-corrected chi connectivity index (χ4v) is 5.09. The number of carbonyl (C=O) groups is 2. The third kappa shape index (κ3) is 5.17. The molecule has 32 heavy (non-hydrogen) atoms. The molecule has 3 aromatic rings. The summed E-state index contributed by atoms with van der Waals surface area (Å²) in [7, 11) is -3.80. The zero-order valence-corrected chi connectivity index (χ0v) is 19.8. The summed E-state index contributed by atoms with van der Waals surface area (Å²) >= 11 is 1.29. The van der Waals surface area contributed by atoms with Crippen molar-refractivity contribution in [3.05, 3.63) is 75.7 Å². The molecule has 1 aromatic heterocycles. The highest BCUT2D eigenvalue weighted by Gasteiger charge is 2.23. The lowest BCUT2D eigenvalue weighted by Crippen LogP contribution is -2.16. The molecule has 2 N–H and O–H groups in total. The van der Waals surface area contributed by atoms with Crippen molar-refractivity contribution in [2.45, 2.75) is 32.6 Å². The molecule has 1 heterocycles. The number of aryl methyl sites for hydroxylation is 2. The first kappa shape index (κ1) is 23.5. The smallest absolute Gasteiger partial charge is 0.341 e. The zero-order chi connectivity index (χ0) is 23.5. The Hall–Kier alpha value is -3.17. The number of hydrogen-bond acceptors (Lipinski definition) is 6. The Kier molecular flexibility index (Phi) is 7.00. The van der Waals surface area contributed by atoms with Gasteiger partial charge in [0.15, 0.2) is 0 Å². The van der Waals surface area contributed by atoms with Crippen LogP contribution in [0.15, 0.2) is 53.4 Å². The van der Waals surface area contributed by atoms with Gasteiger partial charge in [0.1, 0.15) is 5.00 Å². The Morgan fingerprint density at radius 3 is 2.38 bits per heavy atom. The molecule has 0 atom stereocenters. The molecule has 0 bridgehead atoms. The number of esters is 1. The number of hydrogen-bond donors (Lipinski definition) is 2. The number of rotatable bonds is 7. The van der Waals surface area contributed by atoms with Gasteiger partial charge in [0.25, 0.3) is 15.9 Å². The number of thiophene rings is 1. The minimum atomic E-state index is -3.80. The summed E-state index contributed by atoms with van der Waals surface area (Å²) in [4.78, 5) is 26.2. The van der Waals surface area contributed by atoms with Gasteiger partial charge in [-0.05, 0) is 63.6 Å². The first-order valence-electron chi connectivity index (χ1n) is 9.90. The first-order chi connectivity index (χ1) is 15.1. The highest BCUT2D eigenvalue weighted by Crippen LogP contribution is 2.33. The fraction of sp³-hybridized carbons (Fsp3) is 0.217. The molecule has 0 saturated carbocycles. The van der Waals surface area contributed by atoms with Crippen LogP contribution in [-0.2, 0) is 14.8 Å². The minimum Gasteiger partial charge on any atom is -0.462 e. The molecule has 0 spiro atoms. The van der Waals surface area contributed by atoms with Crippen LogP contribution in [0.2, 0.25) is 0 Å².